The molecule has 3 aromatic rings. The van der Waals surface area contributed by atoms with Gasteiger partial charge in [-0.25, -0.2) is 9.50 Å². The zero-order valence-corrected chi connectivity index (χ0v) is 11.1. The molecule has 0 atom stereocenters. The Bertz CT molecular complexity index is 810. The molecule has 1 aromatic carbocycles. The summed E-state index contributed by atoms with van der Waals surface area (Å²) in [5.41, 5.74) is 8.27. The normalized spacial score (nSPS) is 10.7. The summed E-state index contributed by atoms with van der Waals surface area (Å²) in [6.07, 6.45) is 3.28. The van der Waals surface area contributed by atoms with Gasteiger partial charge in [-0.15, -0.1) is 0 Å². The van der Waals surface area contributed by atoms with Gasteiger partial charge < -0.3 is 16.2 Å². The molecular weight excluding hydrogens is 268 g/mol. The number of fused-ring (bicyclic) bond motifs is 1. The molecular formula is C14H14N6O. The number of rotatable bonds is 4. The van der Waals surface area contributed by atoms with Crippen LogP contribution in [0.5, 0.6) is 0 Å². The van der Waals surface area contributed by atoms with Crippen molar-refractivity contribution < 1.29 is 5.11 Å². The molecule has 0 saturated carbocycles. The molecule has 2 aromatic heterocycles. The third kappa shape index (κ3) is 2.54. The number of nitrogens with two attached hydrogens (primary N) is 1. The van der Waals surface area contributed by atoms with Crippen molar-refractivity contribution in [3.63, 3.8) is 0 Å². The Morgan fingerprint density at radius 2 is 2.24 bits per heavy atom. The van der Waals surface area contributed by atoms with Crippen LogP contribution < -0.4 is 11.1 Å². The molecule has 0 aliphatic rings. The van der Waals surface area contributed by atoms with Crippen molar-refractivity contribution >= 4 is 22.9 Å². The number of amidine groups is 1. The maximum Gasteiger partial charge on any atom is 0.158 e. The lowest BCUT2D eigenvalue weighted by atomic mass is 10.1. The first kappa shape index (κ1) is 13.1. The van der Waals surface area contributed by atoms with E-state index in [-0.39, 0.29) is 12.4 Å². The lowest BCUT2D eigenvalue weighted by molar-refractivity contribution is 0.282. The molecule has 7 nitrogen and oxygen atoms in total. The SMILES string of the molecule is N=C(N)c1cc(CO)cc(Nc2ncnn3cccc23)c1. The van der Waals surface area contributed by atoms with Crippen LogP contribution in [0.3, 0.4) is 0 Å². The number of aliphatic hydroxyl groups excluding tert-OH is 1. The third-order valence-electron chi connectivity index (χ3n) is 3.08. The second-order valence-electron chi connectivity index (χ2n) is 4.56. The van der Waals surface area contributed by atoms with Crippen LogP contribution in [0.15, 0.2) is 42.9 Å². The Morgan fingerprint density at radius 1 is 1.38 bits per heavy atom. The van der Waals surface area contributed by atoms with Gasteiger partial charge in [0.1, 0.15) is 17.7 Å². The van der Waals surface area contributed by atoms with E-state index in [1.54, 1.807) is 22.7 Å². The largest absolute Gasteiger partial charge is 0.392 e. The molecule has 0 aliphatic carbocycles. The topological polar surface area (TPSA) is 112 Å². The van der Waals surface area contributed by atoms with E-state index in [0.29, 0.717) is 22.6 Å². The minimum absolute atomic E-state index is 0.0520. The molecule has 21 heavy (non-hydrogen) atoms. The maximum atomic E-state index is 9.30. The highest BCUT2D eigenvalue weighted by Crippen LogP contribution is 2.21. The fourth-order valence-corrected chi connectivity index (χ4v) is 2.11. The van der Waals surface area contributed by atoms with Gasteiger partial charge in [0.25, 0.3) is 0 Å². The second-order valence-corrected chi connectivity index (χ2v) is 4.56. The van der Waals surface area contributed by atoms with Gasteiger partial charge in [-0.3, -0.25) is 5.41 Å². The minimum Gasteiger partial charge on any atom is -0.392 e. The summed E-state index contributed by atoms with van der Waals surface area (Å²) >= 11 is 0. The predicted octanol–water partition coefficient (Wildman–Crippen LogP) is 1.25. The first-order chi connectivity index (χ1) is 10.2. The standard InChI is InChI=1S/C14H14N6O/c15-13(16)10-4-9(7-21)5-11(6-10)19-14-12-2-1-3-20(12)18-8-17-14/h1-6,8,21H,7H2,(H3,15,16)(H,17,18,19). The van der Waals surface area contributed by atoms with Crippen molar-refractivity contribution in [3.05, 3.63) is 54.0 Å². The molecule has 3 rings (SSSR count). The highest BCUT2D eigenvalue weighted by molar-refractivity contribution is 5.96. The fourth-order valence-electron chi connectivity index (χ4n) is 2.11. The van der Waals surface area contributed by atoms with Crippen LogP contribution in [0.2, 0.25) is 0 Å². The molecule has 0 saturated heterocycles. The van der Waals surface area contributed by atoms with Crippen molar-refractivity contribution in [1.29, 1.82) is 5.41 Å². The van der Waals surface area contributed by atoms with E-state index < -0.39 is 0 Å². The summed E-state index contributed by atoms with van der Waals surface area (Å²) < 4.78 is 1.71. The summed E-state index contributed by atoms with van der Waals surface area (Å²) in [5.74, 6) is 0.587. The van der Waals surface area contributed by atoms with Crippen molar-refractivity contribution in [1.82, 2.24) is 14.6 Å². The van der Waals surface area contributed by atoms with Crippen LogP contribution in [-0.4, -0.2) is 25.5 Å². The predicted molar refractivity (Wildman–Crippen MR) is 79.7 cm³/mol. The Hall–Kier alpha value is -2.93. The molecule has 2 heterocycles. The number of hydrogen-bond acceptors (Lipinski definition) is 5. The summed E-state index contributed by atoms with van der Waals surface area (Å²) in [7, 11) is 0. The first-order valence-electron chi connectivity index (χ1n) is 6.32. The average Bonchev–Trinajstić information content (AvgIpc) is 2.96. The molecule has 7 heteroatoms. The minimum atomic E-state index is -0.125. The van der Waals surface area contributed by atoms with Gasteiger partial charge in [-0.05, 0) is 35.9 Å². The Morgan fingerprint density at radius 3 is 3.00 bits per heavy atom. The van der Waals surface area contributed by atoms with E-state index in [9.17, 15) is 5.11 Å². The van der Waals surface area contributed by atoms with Crippen molar-refractivity contribution in [2.75, 3.05) is 5.32 Å². The van der Waals surface area contributed by atoms with Crippen LogP contribution in [0.25, 0.3) is 5.52 Å². The fraction of sp³-hybridized carbons (Fsp3) is 0.0714. The zero-order chi connectivity index (χ0) is 14.8. The van der Waals surface area contributed by atoms with Crippen molar-refractivity contribution in [3.8, 4) is 0 Å². The molecule has 0 aliphatic heterocycles. The van der Waals surface area contributed by atoms with Crippen molar-refractivity contribution in [2.24, 2.45) is 5.73 Å². The van der Waals surface area contributed by atoms with E-state index in [1.807, 2.05) is 18.3 Å². The van der Waals surface area contributed by atoms with Gasteiger partial charge in [-0.1, -0.05) is 0 Å². The van der Waals surface area contributed by atoms with E-state index in [0.717, 1.165) is 5.52 Å². The summed E-state index contributed by atoms with van der Waals surface area (Å²) in [4.78, 5) is 4.21. The number of nitrogens with zero attached hydrogens (tertiary/aromatic N) is 3. The Kier molecular flexibility index (Phi) is 3.25. The van der Waals surface area contributed by atoms with Gasteiger partial charge in [-0.2, -0.15) is 5.10 Å². The first-order valence-corrected chi connectivity index (χ1v) is 6.32. The third-order valence-corrected chi connectivity index (χ3v) is 3.08. The highest BCUT2D eigenvalue weighted by Gasteiger charge is 2.07. The molecule has 0 bridgehead atoms. The Labute approximate surface area is 120 Å². The molecule has 0 unspecified atom stereocenters. The number of aromatic nitrogens is 3. The van der Waals surface area contributed by atoms with E-state index in [4.69, 9.17) is 11.1 Å². The van der Waals surface area contributed by atoms with E-state index in [2.05, 4.69) is 15.4 Å². The molecule has 0 fully saturated rings. The molecule has 0 amide bonds. The Balaban J connectivity index is 2.03. The quantitative estimate of drug-likeness (QED) is 0.425. The number of anilines is 2. The number of nitrogens with one attached hydrogen (secondary N) is 2. The summed E-state index contributed by atoms with van der Waals surface area (Å²) in [6, 6.07) is 8.97. The van der Waals surface area contributed by atoms with Gasteiger partial charge >= 0.3 is 0 Å². The van der Waals surface area contributed by atoms with Crippen LogP contribution >= 0.6 is 0 Å². The maximum absolute atomic E-state index is 9.30. The molecule has 0 radical (unpaired) electrons. The molecule has 0 spiro atoms. The lowest BCUT2D eigenvalue weighted by Gasteiger charge is -2.10. The van der Waals surface area contributed by atoms with Gasteiger partial charge in [0.15, 0.2) is 5.82 Å². The number of nitrogen functional groups attached to an aromatic ring is 1. The number of aliphatic hydroxyl groups is 1. The zero-order valence-electron chi connectivity index (χ0n) is 11.1. The average molecular weight is 282 g/mol. The van der Waals surface area contributed by atoms with Crippen molar-refractivity contribution in [2.45, 2.75) is 6.61 Å². The van der Waals surface area contributed by atoms with E-state index >= 15 is 0 Å². The molecule has 5 N–H and O–H groups in total. The highest BCUT2D eigenvalue weighted by atomic mass is 16.3. The number of hydrogen-bond donors (Lipinski definition) is 4. The van der Waals surface area contributed by atoms with Crippen LogP contribution in [0.4, 0.5) is 11.5 Å². The van der Waals surface area contributed by atoms with Gasteiger partial charge in [0, 0.05) is 17.4 Å². The molecule has 106 valence electrons. The summed E-state index contributed by atoms with van der Waals surface area (Å²) in [6.45, 7) is -0.125. The van der Waals surface area contributed by atoms with Crippen LogP contribution in [-0.2, 0) is 6.61 Å². The van der Waals surface area contributed by atoms with Gasteiger partial charge in [0.2, 0.25) is 0 Å². The second kappa shape index (κ2) is 5.22. The number of benzene rings is 1. The van der Waals surface area contributed by atoms with Gasteiger partial charge in [0.05, 0.1) is 6.61 Å². The van der Waals surface area contributed by atoms with E-state index in [1.165, 1.54) is 6.33 Å². The summed E-state index contributed by atoms with van der Waals surface area (Å²) in [5, 5.41) is 24.1. The smallest absolute Gasteiger partial charge is 0.158 e. The lowest BCUT2D eigenvalue weighted by Crippen LogP contribution is -2.12. The van der Waals surface area contributed by atoms with Crippen LogP contribution in [0.1, 0.15) is 11.1 Å². The van der Waals surface area contributed by atoms with Crippen LogP contribution in [0, 0.1) is 5.41 Å². The monoisotopic (exact) mass is 282 g/mol.